The van der Waals surface area contributed by atoms with Crippen molar-refractivity contribution in [2.45, 2.75) is 52.6 Å². The summed E-state index contributed by atoms with van der Waals surface area (Å²) in [7, 11) is 0. The highest BCUT2D eigenvalue weighted by molar-refractivity contribution is 5.89. The summed E-state index contributed by atoms with van der Waals surface area (Å²) in [5.41, 5.74) is 0. The summed E-state index contributed by atoms with van der Waals surface area (Å²) in [6.07, 6.45) is 6.31. The van der Waals surface area contributed by atoms with E-state index in [9.17, 15) is 9.59 Å². The molecule has 3 aliphatic rings. The van der Waals surface area contributed by atoms with Gasteiger partial charge in [-0.05, 0) is 52.4 Å². The molecule has 2 N–H and O–H groups in total. The summed E-state index contributed by atoms with van der Waals surface area (Å²) in [4.78, 5) is 24.9. The van der Waals surface area contributed by atoms with Crippen molar-refractivity contribution in [1.82, 2.24) is 10.6 Å². The molecule has 4 nitrogen and oxygen atoms in total. The Morgan fingerprint density at radius 2 is 1.20 bits per heavy atom. The normalized spacial score (nSPS) is 31.7. The number of fused-ring (bicyclic) bond motifs is 2. The molecule has 0 unspecified atom stereocenters. The summed E-state index contributed by atoms with van der Waals surface area (Å²) >= 11 is 0. The Morgan fingerprint density at radius 3 is 1.45 bits per heavy atom. The maximum Gasteiger partial charge on any atom is 0.224 e. The van der Waals surface area contributed by atoms with E-state index in [1.807, 2.05) is 27.7 Å². The average Bonchev–Trinajstić information content (AvgIpc) is 2.37. The molecular weight excluding hydrogens is 252 g/mol. The Hall–Kier alpha value is -1.32. The Bertz CT molecular complexity index is 377. The topological polar surface area (TPSA) is 58.2 Å². The van der Waals surface area contributed by atoms with Gasteiger partial charge in [-0.1, -0.05) is 12.2 Å². The van der Waals surface area contributed by atoms with E-state index in [1.54, 1.807) is 0 Å². The van der Waals surface area contributed by atoms with Gasteiger partial charge in [0.1, 0.15) is 0 Å². The minimum atomic E-state index is -0.208. The van der Waals surface area contributed by atoms with Gasteiger partial charge in [-0.3, -0.25) is 9.59 Å². The van der Waals surface area contributed by atoms with E-state index in [0.29, 0.717) is 0 Å². The molecule has 1 fully saturated rings. The van der Waals surface area contributed by atoms with Gasteiger partial charge in [-0.15, -0.1) is 0 Å². The fourth-order valence-electron chi connectivity index (χ4n) is 3.47. The smallest absolute Gasteiger partial charge is 0.224 e. The molecule has 0 aliphatic heterocycles. The second-order valence-corrected chi connectivity index (χ2v) is 6.67. The van der Waals surface area contributed by atoms with Crippen molar-refractivity contribution in [3.63, 3.8) is 0 Å². The van der Waals surface area contributed by atoms with Crippen molar-refractivity contribution < 1.29 is 9.59 Å². The maximum atomic E-state index is 12.5. The zero-order chi connectivity index (χ0) is 14.9. The first-order valence-corrected chi connectivity index (χ1v) is 7.69. The summed E-state index contributed by atoms with van der Waals surface area (Å²) in [6.45, 7) is 7.83. The zero-order valence-electron chi connectivity index (χ0n) is 12.8. The van der Waals surface area contributed by atoms with Gasteiger partial charge in [0.2, 0.25) is 11.8 Å². The number of rotatable bonds is 4. The Kier molecular flexibility index (Phi) is 4.51. The number of hydrogen-bond acceptors (Lipinski definition) is 2. The van der Waals surface area contributed by atoms with Crippen LogP contribution in [0.2, 0.25) is 0 Å². The van der Waals surface area contributed by atoms with Crippen molar-refractivity contribution >= 4 is 11.8 Å². The fourth-order valence-corrected chi connectivity index (χ4v) is 3.47. The molecule has 0 radical (unpaired) electrons. The number of allylic oxidation sites excluding steroid dienone is 2. The third kappa shape index (κ3) is 3.05. The van der Waals surface area contributed by atoms with Crippen LogP contribution in [-0.4, -0.2) is 23.9 Å². The third-order valence-electron chi connectivity index (χ3n) is 4.22. The molecule has 4 atom stereocenters. The SMILES string of the molecule is CC(C)NC(=O)[C@@H]1[C@H](C(=O)NC(C)C)[C@H]2C=C[C@H]1CC2. The van der Waals surface area contributed by atoms with Crippen molar-refractivity contribution in [2.75, 3.05) is 0 Å². The van der Waals surface area contributed by atoms with Crippen molar-refractivity contribution in [3.8, 4) is 0 Å². The largest absolute Gasteiger partial charge is 0.354 e. The van der Waals surface area contributed by atoms with Crippen LogP contribution in [0.3, 0.4) is 0 Å². The van der Waals surface area contributed by atoms with E-state index in [1.165, 1.54) is 0 Å². The first-order chi connectivity index (χ1) is 9.40. The fraction of sp³-hybridized carbons (Fsp3) is 0.750. The molecule has 3 rings (SSSR count). The van der Waals surface area contributed by atoms with Gasteiger partial charge < -0.3 is 10.6 Å². The summed E-state index contributed by atoms with van der Waals surface area (Å²) < 4.78 is 0. The predicted octanol–water partition coefficient (Wildman–Crippen LogP) is 1.86. The van der Waals surface area contributed by atoms with E-state index >= 15 is 0 Å². The van der Waals surface area contributed by atoms with Crippen molar-refractivity contribution in [2.24, 2.45) is 23.7 Å². The molecule has 2 amide bonds. The molecule has 3 aliphatic carbocycles. The van der Waals surface area contributed by atoms with Crippen molar-refractivity contribution in [1.29, 1.82) is 0 Å². The van der Waals surface area contributed by atoms with Crippen LogP contribution in [0.5, 0.6) is 0 Å². The molecule has 0 heterocycles. The van der Waals surface area contributed by atoms with E-state index < -0.39 is 0 Å². The summed E-state index contributed by atoms with van der Waals surface area (Å²) in [5, 5.41) is 5.97. The molecular formula is C16H26N2O2. The number of carbonyl (C=O) groups is 2. The molecule has 20 heavy (non-hydrogen) atoms. The van der Waals surface area contributed by atoms with Crippen LogP contribution in [0.1, 0.15) is 40.5 Å². The van der Waals surface area contributed by atoms with E-state index in [-0.39, 0.29) is 47.6 Å². The lowest BCUT2D eigenvalue weighted by Gasteiger charge is -2.43. The molecule has 0 aromatic carbocycles. The molecule has 112 valence electrons. The Morgan fingerprint density at radius 1 is 0.850 bits per heavy atom. The highest BCUT2D eigenvalue weighted by atomic mass is 16.2. The molecule has 0 saturated heterocycles. The Labute approximate surface area is 121 Å². The lowest BCUT2D eigenvalue weighted by atomic mass is 9.61. The van der Waals surface area contributed by atoms with Crippen LogP contribution in [0.15, 0.2) is 12.2 Å². The zero-order valence-corrected chi connectivity index (χ0v) is 12.8. The van der Waals surface area contributed by atoms with E-state index in [2.05, 4.69) is 22.8 Å². The minimum absolute atomic E-state index is 0.0305. The number of nitrogens with one attached hydrogen (secondary N) is 2. The van der Waals surface area contributed by atoms with E-state index in [4.69, 9.17) is 0 Å². The highest BCUT2D eigenvalue weighted by Gasteiger charge is 2.47. The lowest BCUT2D eigenvalue weighted by Crippen LogP contribution is -2.53. The minimum Gasteiger partial charge on any atom is -0.354 e. The van der Waals surface area contributed by atoms with Crippen LogP contribution >= 0.6 is 0 Å². The van der Waals surface area contributed by atoms with E-state index in [0.717, 1.165) is 12.8 Å². The van der Waals surface area contributed by atoms with Gasteiger partial charge in [-0.25, -0.2) is 0 Å². The van der Waals surface area contributed by atoms with Gasteiger partial charge in [0, 0.05) is 12.1 Å². The highest BCUT2D eigenvalue weighted by Crippen LogP contribution is 2.45. The van der Waals surface area contributed by atoms with Gasteiger partial charge >= 0.3 is 0 Å². The monoisotopic (exact) mass is 278 g/mol. The van der Waals surface area contributed by atoms with Crippen LogP contribution in [0, 0.1) is 23.7 Å². The molecule has 0 spiro atoms. The molecule has 1 saturated carbocycles. The first kappa shape index (κ1) is 15.1. The molecule has 2 bridgehead atoms. The molecule has 0 aromatic heterocycles. The Balaban J connectivity index is 2.19. The van der Waals surface area contributed by atoms with Gasteiger partial charge in [0.15, 0.2) is 0 Å². The van der Waals surface area contributed by atoms with Crippen LogP contribution in [0.4, 0.5) is 0 Å². The quantitative estimate of drug-likeness (QED) is 0.771. The molecule has 4 heteroatoms. The summed E-state index contributed by atoms with van der Waals surface area (Å²) in [5.74, 6) is 0.0639. The number of carbonyl (C=O) groups excluding carboxylic acids is 2. The van der Waals surface area contributed by atoms with Crippen LogP contribution < -0.4 is 10.6 Å². The number of hydrogen-bond donors (Lipinski definition) is 2. The standard InChI is InChI=1S/C16H26N2O2/c1-9(2)17-15(19)13-11-5-7-12(8-6-11)14(13)16(20)18-10(3)4/h5,7,9-14H,6,8H2,1-4H3,(H,17,19)(H,18,20)/t11-,12-,13-,14+/m0/s1. The second-order valence-electron chi connectivity index (χ2n) is 6.67. The van der Waals surface area contributed by atoms with Crippen molar-refractivity contribution in [3.05, 3.63) is 12.2 Å². The summed E-state index contributed by atoms with van der Waals surface area (Å²) in [6, 6.07) is 0.224. The first-order valence-electron chi connectivity index (χ1n) is 7.69. The average molecular weight is 278 g/mol. The second kappa shape index (κ2) is 5.98. The van der Waals surface area contributed by atoms with Gasteiger partial charge in [-0.2, -0.15) is 0 Å². The lowest BCUT2D eigenvalue weighted by molar-refractivity contribution is -0.141. The van der Waals surface area contributed by atoms with Crippen LogP contribution in [0.25, 0.3) is 0 Å². The third-order valence-corrected chi connectivity index (χ3v) is 4.22. The van der Waals surface area contributed by atoms with Crippen LogP contribution in [-0.2, 0) is 9.59 Å². The molecule has 0 aromatic rings. The van der Waals surface area contributed by atoms with Gasteiger partial charge in [0.25, 0.3) is 0 Å². The maximum absolute atomic E-state index is 12.5. The predicted molar refractivity (Wildman–Crippen MR) is 78.9 cm³/mol. The van der Waals surface area contributed by atoms with Gasteiger partial charge in [0.05, 0.1) is 11.8 Å². The number of amides is 2.